The van der Waals surface area contributed by atoms with E-state index in [1.54, 1.807) is 0 Å². The minimum absolute atomic E-state index is 0.187. The molecule has 0 radical (unpaired) electrons. The van der Waals surface area contributed by atoms with Gasteiger partial charge in [0.05, 0.1) is 0 Å². The Morgan fingerprint density at radius 2 is 2.38 bits per heavy atom. The van der Waals surface area contributed by atoms with E-state index in [4.69, 9.17) is 5.73 Å². The monoisotopic (exact) mass is 108 g/mol. The smallest absolute Gasteiger partial charge is 0.0670 e. The summed E-state index contributed by atoms with van der Waals surface area (Å²) in [7, 11) is 0. The Kier molecular flexibility index (Phi) is 1.04. The third kappa shape index (κ3) is 0.703. The molecule has 0 fully saturated rings. The average Bonchev–Trinajstić information content (AvgIpc) is 1.77. The van der Waals surface area contributed by atoms with E-state index in [2.05, 4.69) is 4.98 Å². The Morgan fingerprint density at radius 1 is 1.62 bits per heavy atom. The van der Waals surface area contributed by atoms with Crippen molar-refractivity contribution in [3.05, 3.63) is 24.1 Å². The van der Waals surface area contributed by atoms with E-state index in [1.165, 1.54) is 18.3 Å². The molecule has 0 unspecified atom stereocenters. The van der Waals surface area contributed by atoms with E-state index in [9.17, 15) is 5.11 Å². The lowest BCUT2D eigenvalue weighted by atomic mass is 10.4. The maximum atomic E-state index is 10.4. The second-order valence-corrected chi connectivity index (χ2v) is 1.35. The third-order valence-corrected chi connectivity index (χ3v) is 0.771. The Hall–Kier alpha value is -1.25. The maximum Gasteiger partial charge on any atom is -0.0670 e. The molecule has 1 N–H and O–H groups in total. The van der Waals surface area contributed by atoms with Crippen molar-refractivity contribution in [2.75, 3.05) is 0 Å². The highest BCUT2D eigenvalue weighted by atomic mass is 16.3. The highest BCUT2D eigenvalue weighted by Crippen LogP contribution is 2.15. The molecule has 1 aromatic rings. The summed E-state index contributed by atoms with van der Waals surface area (Å²) in [6.45, 7) is 0. The molecule has 8 heavy (non-hydrogen) atoms. The van der Waals surface area contributed by atoms with Crippen molar-refractivity contribution in [1.82, 2.24) is 4.98 Å². The van der Waals surface area contributed by atoms with E-state index < -0.39 is 0 Å². The average molecular weight is 108 g/mol. The number of hydrogen-bond donors (Lipinski definition) is 0. The van der Waals surface area contributed by atoms with Gasteiger partial charge in [0.2, 0.25) is 0 Å². The molecule has 0 aliphatic carbocycles. The van der Waals surface area contributed by atoms with Gasteiger partial charge in [-0.15, -0.1) is 5.75 Å². The normalized spacial score (nSPS) is 9.00. The second kappa shape index (κ2) is 1.69. The van der Waals surface area contributed by atoms with E-state index in [0.717, 1.165) is 0 Å². The summed E-state index contributed by atoms with van der Waals surface area (Å²) in [5, 5.41) is 10.4. The number of rotatable bonds is 0. The van der Waals surface area contributed by atoms with Gasteiger partial charge in [0.1, 0.15) is 0 Å². The van der Waals surface area contributed by atoms with Crippen LogP contribution in [0.15, 0.2) is 18.3 Å². The summed E-state index contributed by atoms with van der Waals surface area (Å²) in [4.78, 5) is 3.43. The fourth-order valence-electron chi connectivity index (χ4n) is 0.391. The zero-order valence-corrected chi connectivity index (χ0v) is 4.09. The highest BCUT2D eigenvalue weighted by Gasteiger charge is 1.70. The minimum atomic E-state index is -0.326. The molecule has 0 bridgehead atoms. The summed E-state index contributed by atoms with van der Waals surface area (Å²) in [6.07, 6.45) is 1.42. The molecule has 1 rings (SSSR count). The van der Waals surface area contributed by atoms with Gasteiger partial charge in [-0.1, -0.05) is 24.1 Å². The van der Waals surface area contributed by atoms with E-state index >= 15 is 0 Å². The van der Waals surface area contributed by atoms with Crippen molar-refractivity contribution in [1.29, 1.82) is 0 Å². The number of hydrogen-bond acceptors (Lipinski definition) is 2. The van der Waals surface area contributed by atoms with Gasteiger partial charge < -0.3 is 15.8 Å². The van der Waals surface area contributed by atoms with Gasteiger partial charge >= 0.3 is 0 Å². The van der Waals surface area contributed by atoms with E-state index in [1.807, 2.05) is 0 Å². The molecular weight excluding hydrogens is 104 g/mol. The molecule has 1 aromatic heterocycles. The van der Waals surface area contributed by atoms with Crippen LogP contribution in [-0.4, -0.2) is 4.98 Å². The number of aromatic nitrogens is 1. The first kappa shape index (κ1) is 4.90. The molecular formula is C5H4N2O-2. The lowest BCUT2D eigenvalue weighted by Crippen LogP contribution is -1.88. The molecule has 0 atom stereocenters. The standard InChI is InChI=1S/C5H5N2O/c6-5-4(8)2-1-3-7-5/h1-3H,(H2-,6,7,8)/q-1/p-1. The molecule has 3 nitrogen and oxygen atoms in total. The lowest BCUT2D eigenvalue weighted by Gasteiger charge is -2.12. The fraction of sp³-hybridized carbons (Fsp3) is 0. The van der Waals surface area contributed by atoms with E-state index in [0.29, 0.717) is 0 Å². The van der Waals surface area contributed by atoms with Crippen LogP contribution in [0.2, 0.25) is 0 Å². The zero-order chi connectivity index (χ0) is 5.98. The Balaban J connectivity index is 3.13. The Labute approximate surface area is 46.8 Å². The number of nitrogens with zero attached hydrogens (tertiary/aromatic N) is 1. The van der Waals surface area contributed by atoms with Crippen LogP contribution in [0.1, 0.15) is 0 Å². The first-order chi connectivity index (χ1) is 3.80. The number of nitrogens with one attached hydrogen (secondary N) is 1. The molecule has 0 aliphatic rings. The topological polar surface area (TPSA) is 59.8 Å². The van der Waals surface area contributed by atoms with Crippen molar-refractivity contribution in [2.24, 2.45) is 0 Å². The first-order valence-electron chi connectivity index (χ1n) is 2.14. The Bertz CT molecular complexity index is 167. The Morgan fingerprint density at radius 3 is 2.75 bits per heavy atom. The molecule has 0 aromatic carbocycles. The van der Waals surface area contributed by atoms with Crippen molar-refractivity contribution < 1.29 is 5.11 Å². The molecule has 0 amide bonds. The van der Waals surface area contributed by atoms with Gasteiger partial charge in [0.25, 0.3) is 0 Å². The molecule has 0 saturated heterocycles. The lowest BCUT2D eigenvalue weighted by molar-refractivity contribution is -0.267. The third-order valence-electron chi connectivity index (χ3n) is 0.771. The second-order valence-electron chi connectivity index (χ2n) is 1.35. The fourth-order valence-corrected chi connectivity index (χ4v) is 0.391. The van der Waals surface area contributed by atoms with Crippen molar-refractivity contribution in [2.45, 2.75) is 0 Å². The molecule has 0 aliphatic heterocycles. The highest BCUT2D eigenvalue weighted by molar-refractivity contribution is 5.46. The summed E-state index contributed by atoms with van der Waals surface area (Å²) in [5.41, 5.74) is 6.80. The van der Waals surface area contributed by atoms with Gasteiger partial charge in [-0.2, -0.15) is 0 Å². The largest absolute Gasteiger partial charge is 0.873 e. The van der Waals surface area contributed by atoms with E-state index in [-0.39, 0.29) is 11.6 Å². The van der Waals surface area contributed by atoms with Crippen LogP contribution in [0.5, 0.6) is 5.75 Å². The predicted octanol–water partition coefficient (Wildman–Crippen LogP) is 0.839. The summed E-state index contributed by atoms with van der Waals surface area (Å²) in [6, 6.07) is 2.83. The summed E-state index contributed by atoms with van der Waals surface area (Å²) < 4.78 is 0. The molecule has 1 heterocycles. The molecule has 42 valence electrons. The van der Waals surface area contributed by atoms with Crippen LogP contribution in [-0.2, 0) is 0 Å². The zero-order valence-electron chi connectivity index (χ0n) is 4.09. The van der Waals surface area contributed by atoms with Crippen LogP contribution >= 0.6 is 0 Å². The molecule has 0 saturated carbocycles. The SMILES string of the molecule is [NH-]c1ncccc1[O-]. The van der Waals surface area contributed by atoms with Crippen LogP contribution in [0.25, 0.3) is 5.73 Å². The van der Waals surface area contributed by atoms with Crippen molar-refractivity contribution >= 4 is 5.82 Å². The van der Waals surface area contributed by atoms with Crippen LogP contribution in [0.3, 0.4) is 0 Å². The predicted molar refractivity (Wildman–Crippen MR) is 27.7 cm³/mol. The maximum absolute atomic E-state index is 10.4. The first-order valence-corrected chi connectivity index (χ1v) is 2.14. The summed E-state index contributed by atoms with van der Waals surface area (Å²) >= 11 is 0. The van der Waals surface area contributed by atoms with Crippen LogP contribution < -0.4 is 5.11 Å². The summed E-state index contributed by atoms with van der Waals surface area (Å²) in [5.74, 6) is -0.514. The molecule has 3 heteroatoms. The van der Waals surface area contributed by atoms with Gasteiger partial charge in [-0.25, -0.2) is 0 Å². The van der Waals surface area contributed by atoms with Gasteiger partial charge in [0.15, 0.2) is 0 Å². The van der Waals surface area contributed by atoms with Gasteiger partial charge in [0, 0.05) is 0 Å². The van der Waals surface area contributed by atoms with Gasteiger partial charge in [-0.05, 0) is 0 Å². The van der Waals surface area contributed by atoms with Crippen LogP contribution in [0.4, 0.5) is 5.82 Å². The number of pyridine rings is 1. The van der Waals surface area contributed by atoms with Crippen molar-refractivity contribution in [3.8, 4) is 5.75 Å². The van der Waals surface area contributed by atoms with Crippen molar-refractivity contribution in [3.63, 3.8) is 0 Å². The molecule has 0 spiro atoms. The van der Waals surface area contributed by atoms with Gasteiger partial charge in [-0.3, -0.25) is 0 Å². The van der Waals surface area contributed by atoms with Crippen LogP contribution in [0, 0.1) is 0 Å². The minimum Gasteiger partial charge on any atom is -0.873 e. The quantitative estimate of drug-likeness (QED) is 0.494.